The minimum absolute atomic E-state index is 0.885. The third-order valence-corrected chi connectivity index (χ3v) is 8.23. The molecule has 44 heavy (non-hydrogen) atoms. The first-order valence-electron chi connectivity index (χ1n) is 14.9. The summed E-state index contributed by atoms with van der Waals surface area (Å²) in [6.45, 7) is 0. The quantitative estimate of drug-likeness (QED) is 0.200. The molecule has 8 aromatic rings. The van der Waals surface area contributed by atoms with E-state index in [4.69, 9.17) is 4.42 Å². The maximum Gasteiger partial charge on any atom is 0.135 e. The van der Waals surface area contributed by atoms with Crippen LogP contribution in [0.1, 0.15) is 0 Å². The molecule has 0 atom stereocenters. The number of anilines is 3. The summed E-state index contributed by atoms with van der Waals surface area (Å²) in [7, 11) is 0. The minimum atomic E-state index is 0.885. The molecule has 2 heteroatoms. The number of hydrogen-bond donors (Lipinski definition) is 0. The molecule has 0 bridgehead atoms. The van der Waals surface area contributed by atoms with Crippen LogP contribution in [0.25, 0.3) is 55.3 Å². The van der Waals surface area contributed by atoms with Crippen molar-refractivity contribution in [2.24, 2.45) is 0 Å². The summed E-state index contributed by atoms with van der Waals surface area (Å²) < 4.78 is 6.16. The Hall–Kier alpha value is -5.86. The van der Waals surface area contributed by atoms with Gasteiger partial charge in [-0.3, -0.25) is 0 Å². The monoisotopic (exact) mass is 563 g/mol. The van der Waals surface area contributed by atoms with Crippen LogP contribution < -0.4 is 4.90 Å². The molecule has 8 rings (SSSR count). The molecule has 1 aromatic heterocycles. The fraction of sp³-hybridized carbons (Fsp3) is 0. The van der Waals surface area contributed by atoms with Crippen LogP contribution in [0.15, 0.2) is 180 Å². The lowest BCUT2D eigenvalue weighted by molar-refractivity contribution is 0.631. The number of furan rings is 1. The fourth-order valence-corrected chi connectivity index (χ4v) is 6.06. The predicted molar refractivity (Wildman–Crippen MR) is 185 cm³/mol. The summed E-state index contributed by atoms with van der Waals surface area (Å²) in [5.74, 6) is 0.885. The van der Waals surface area contributed by atoms with Crippen molar-refractivity contribution < 1.29 is 4.42 Å². The second-order valence-corrected chi connectivity index (χ2v) is 11.0. The number of benzene rings is 7. The number of rotatable bonds is 6. The normalized spacial score (nSPS) is 11.2. The van der Waals surface area contributed by atoms with Crippen LogP contribution in [0.5, 0.6) is 0 Å². The standard InChI is InChI=1S/C42H29NO/c1-3-12-30(13-4-1)39-19-8-9-20-40(39)43(37-17-5-2-6-18-37)38-25-24-33-26-32(22-23-34(33)28-38)31-15-11-16-35(27-31)42-29-36-14-7-10-21-41(36)44-42/h1-29H. The SMILES string of the molecule is c1ccc(-c2ccccc2N(c2ccccc2)c2ccc3cc(-c4cccc(-c5cc6ccccc6o5)c4)ccc3c2)cc1. The first kappa shape index (κ1) is 25.8. The van der Waals surface area contributed by atoms with Gasteiger partial charge in [-0.2, -0.15) is 0 Å². The highest BCUT2D eigenvalue weighted by molar-refractivity contribution is 5.94. The van der Waals surface area contributed by atoms with E-state index in [2.05, 4.69) is 163 Å². The van der Waals surface area contributed by atoms with Crippen LogP contribution in [-0.2, 0) is 0 Å². The summed E-state index contributed by atoms with van der Waals surface area (Å²) in [5, 5.41) is 3.51. The molecule has 0 spiro atoms. The Balaban J connectivity index is 1.19. The van der Waals surface area contributed by atoms with Crippen LogP contribution in [-0.4, -0.2) is 0 Å². The van der Waals surface area contributed by atoms with E-state index in [1.54, 1.807) is 0 Å². The van der Waals surface area contributed by atoms with E-state index in [0.29, 0.717) is 0 Å². The Morgan fingerprint density at radius 1 is 0.364 bits per heavy atom. The van der Waals surface area contributed by atoms with Crippen molar-refractivity contribution in [2.45, 2.75) is 0 Å². The van der Waals surface area contributed by atoms with E-state index in [-0.39, 0.29) is 0 Å². The van der Waals surface area contributed by atoms with E-state index in [0.717, 1.165) is 44.9 Å². The van der Waals surface area contributed by atoms with Gasteiger partial charge in [0, 0.05) is 27.9 Å². The van der Waals surface area contributed by atoms with Crippen LogP contribution in [0.2, 0.25) is 0 Å². The van der Waals surface area contributed by atoms with Gasteiger partial charge in [-0.05, 0) is 82.1 Å². The van der Waals surface area contributed by atoms with Crippen LogP contribution >= 0.6 is 0 Å². The van der Waals surface area contributed by atoms with Gasteiger partial charge in [0.25, 0.3) is 0 Å². The average molecular weight is 564 g/mol. The molecule has 0 unspecified atom stereocenters. The van der Waals surface area contributed by atoms with Crippen molar-refractivity contribution >= 4 is 38.8 Å². The Morgan fingerprint density at radius 3 is 1.89 bits per heavy atom. The molecule has 0 saturated carbocycles. The Bertz CT molecular complexity index is 2200. The van der Waals surface area contributed by atoms with Crippen molar-refractivity contribution in [3.8, 4) is 33.6 Å². The summed E-state index contributed by atoms with van der Waals surface area (Å²) in [6, 6.07) is 62.2. The van der Waals surface area contributed by atoms with Crippen molar-refractivity contribution in [1.29, 1.82) is 0 Å². The Labute approximate surface area is 257 Å². The zero-order valence-corrected chi connectivity index (χ0v) is 24.1. The maximum absolute atomic E-state index is 6.16. The first-order chi connectivity index (χ1) is 21.8. The van der Waals surface area contributed by atoms with Crippen LogP contribution in [0.3, 0.4) is 0 Å². The molecule has 208 valence electrons. The average Bonchev–Trinajstić information content (AvgIpc) is 3.54. The molecule has 0 amide bonds. The summed E-state index contributed by atoms with van der Waals surface area (Å²) >= 11 is 0. The van der Waals surface area contributed by atoms with Gasteiger partial charge in [-0.15, -0.1) is 0 Å². The van der Waals surface area contributed by atoms with Gasteiger partial charge in [0.1, 0.15) is 11.3 Å². The molecule has 7 aromatic carbocycles. The topological polar surface area (TPSA) is 16.4 Å². The van der Waals surface area contributed by atoms with E-state index < -0.39 is 0 Å². The molecule has 1 heterocycles. The number of nitrogens with zero attached hydrogens (tertiary/aromatic N) is 1. The number of hydrogen-bond acceptors (Lipinski definition) is 2. The molecule has 0 fully saturated rings. The second kappa shape index (κ2) is 11.1. The first-order valence-corrected chi connectivity index (χ1v) is 14.9. The lowest BCUT2D eigenvalue weighted by Crippen LogP contribution is -2.11. The van der Waals surface area contributed by atoms with Crippen molar-refractivity contribution in [1.82, 2.24) is 0 Å². The maximum atomic E-state index is 6.16. The lowest BCUT2D eigenvalue weighted by Gasteiger charge is -2.28. The van der Waals surface area contributed by atoms with E-state index >= 15 is 0 Å². The van der Waals surface area contributed by atoms with Gasteiger partial charge in [-0.1, -0.05) is 121 Å². The van der Waals surface area contributed by atoms with Gasteiger partial charge in [-0.25, -0.2) is 0 Å². The lowest BCUT2D eigenvalue weighted by atomic mass is 9.98. The molecule has 0 saturated heterocycles. The predicted octanol–water partition coefficient (Wildman–Crippen LogP) is 12.1. The van der Waals surface area contributed by atoms with Crippen LogP contribution in [0.4, 0.5) is 17.1 Å². The number of para-hydroxylation sites is 3. The molecule has 0 N–H and O–H groups in total. The van der Waals surface area contributed by atoms with Gasteiger partial charge in [0.15, 0.2) is 0 Å². The van der Waals surface area contributed by atoms with Crippen molar-refractivity contribution in [2.75, 3.05) is 4.90 Å². The van der Waals surface area contributed by atoms with Gasteiger partial charge < -0.3 is 9.32 Å². The zero-order chi connectivity index (χ0) is 29.3. The summed E-state index contributed by atoms with van der Waals surface area (Å²) in [5.41, 5.74) is 10.1. The van der Waals surface area contributed by atoms with E-state index in [1.165, 1.54) is 27.5 Å². The Kier molecular flexibility index (Phi) is 6.51. The highest BCUT2D eigenvalue weighted by Crippen LogP contribution is 2.41. The summed E-state index contributed by atoms with van der Waals surface area (Å²) in [6.07, 6.45) is 0. The molecular weight excluding hydrogens is 534 g/mol. The number of fused-ring (bicyclic) bond motifs is 2. The van der Waals surface area contributed by atoms with E-state index in [1.807, 2.05) is 18.2 Å². The Morgan fingerprint density at radius 2 is 1.02 bits per heavy atom. The van der Waals surface area contributed by atoms with Crippen LogP contribution in [0, 0.1) is 0 Å². The third kappa shape index (κ3) is 4.83. The molecule has 0 aliphatic rings. The smallest absolute Gasteiger partial charge is 0.135 e. The minimum Gasteiger partial charge on any atom is -0.456 e. The van der Waals surface area contributed by atoms with Gasteiger partial charge >= 0.3 is 0 Å². The molecule has 0 aliphatic heterocycles. The summed E-state index contributed by atoms with van der Waals surface area (Å²) in [4.78, 5) is 2.35. The molecule has 2 nitrogen and oxygen atoms in total. The highest BCUT2D eigenvalue weighted by atomic mass is 16.3. The second-order valence-electron chi connectivity index (χ2n) is 11.0. The zero-order valence-electron chi connectivity index (χ0n) is 24.1. The van der Waals surface area contributed by atoms with Crippen molar-refractivity contribution in [3.05, 3.63) is 176 Å². The fourth-order valence-electron chi connectivity index (χ4n) is 6.06. The molecule has 0 aliphatic carbocycles. The third-order valence-electron chi connectivity index (χ3n) is 8.23. The molecular formula is C42H29NO. The molecule has 0 radical (unpaired) electrons. The van der Waals surface area contributed by atoms with Gasteiger partial charge in [0.2, 0.25) is 0 Å². The largest absolute Gasteiger partial charge is 0.456 e. The highest BCUT2D eigenvalue weighted by Gasteiger charge is 2.17. The van der Waals surface area contributed by atoms with Crippen molar-refractivity contribution in [3.63, 3.8) is 0 Å². The van der Waals surface area contributed by atoms with Gasteiger partial charge in [0.05, 0.1) is 5.69 Å². The van der Waals surface area contributed by atoms with E-state index in [9.17, 15) is 0 Å².